The van der Waals surface area contributed by atoms with E-state index in [1.54, 1.807) is 24.4 Å². The Morgan fingerprint density at radius 1 is 1.24 bits per heavy atom. The molecule has 3 rings (SSSR count). The molecular weight excluding hydrogens is 256 g/mol. The van der Waals surface area contributed by atoms with Crippen molar-refractivity contribution in [2.75, 3.05) is 0 Å². The highest BCUT2D eigenvalue weighted by Crippen LogP contribution is 2.26. The summed E-state index contributed by atoms with van der Waals surface area (Å²) in [4.78, 5) is 0. The van der Waals surface area contributed by atoms with Gasteiger partial charge in [0.25, 0.3) is 0 Å². The van der Waals surface area contributed by atoms with Crippen molar-refractivity contribution in [2.24, 2.45) is 0 Å². The van der Waals surface area contributed by atoms with E-state index in [9.17, 15) is 0 Å². The lowest BCUT2D eigenvalue weighted by Crippen LogP contribution is -1.81. The van der Waals surface area contributed by atoms with E-state index < -0.39 is 0 Å². The lowest BCUT2D eigenvalue weighted by molar-refractivity contribution is 0.616. The Hall–Kier alpha value is -1.65. The van der Waals surface area contributed by atoms with E-state index in [4.69, 9.17) is 28.2 Å². The molecule has 1 aromatic carbocycles. The van der Waals surface area contributed by atoms with E-state index in [0.29, 0.717) is 20.9 Å². The Kier molecular flexibility index (Phi) is 2.46. The fourth-order valence-corrected chi connectivity index (χ4v) is 2.09. The number of fused-ring (bicyclic) bond motifs is 1. The monoisotopic (exact) mass is 262 g/mol. The van der Waals surface area contributed by atoms with Gasteiger partial charge in [0.1, 0.15) is 11.3 Å². The van der Waals surface area contributed by atoms with E-state index in [0.717, 1.165) is 11.1 Å². The first kappa shape index (κ1) is 10.5. The summed E-state index contributed by atoms with van der Waals surface area (Å²) in [7, 11) is 0. The third-order valence-electron chi connectivity index (χ3n) is 2.44. The minimum absolute atomic E-state index is 0.645. The van der Waals surface area contributed by atoms with Crippen molar-refractivity contribution in [1.29, 1.82) is 0 Å². The molecule has 17 heavy (non-hydrogen) atoms. The molecule has 0 saturated carbocycles. The minimum atomic E-state index is 0.645. The van der Waals surface area contributed by atoms with Gasteiger partial charge in [-0.3, -0.25) is 5.10 Å². The predicted octanol–water partition coefficient (Wildman–Crippen LogP) is 4.21. The van der Waals surface area contributed by atoms with Crippen molar-refractivity contribution in [2.45, 2.75) is 0 Å². The zero-order chi connectivity index (χ0) is 11.8. The summed E-state index contributed by atoms with van der Waals surface area (Å²) < 4.78 is 6.43. The molecule has 1 N–H and O–H groups in total. The van der Waals surface area contributed by atoms with Crippen molar-refractivity contribution in [3.8, 4) is 11.5 Å². The van der Waals surface area contributed by atoms with Crippen molar-refractivity contribution in [3.05, 3.63) is 46.1 Å². The van der Waals surface area contributed by atoms with Crippen LogP contribution in [0.15, 0.2) is 40.9 Å². The summed E-state index contributed by atoms with van der Waals surface area (Å²) in [5.74, 6) is 0.645. The van der Waals surface area contributed by atoms with Crippen LogP contribution in [0.3, 0.4) is 0 Å². The normalized spacial score (nSPS) is 10.9. The molecule has 2 aromatic heterocycles. The molecule has 0 radical (unpaired) electrons. The molecule has 84 valence electrons. The van der Waals surface area contributed by atoms with Crippen molar-refractivity contribution in [3.63, 3.8) is 0 Å². The van der Waals surface area contributed by atoms with Gasteiger partial charge in [-0.05, 0) is 24.3 Å². The number of hydrogen-bond donors (Lipinski definition) is 1. The van der Waals surface area contributed by atoms with Gasteiger partial charge in [-0.1, -0.05) is 23.8 Å². The summed E-state index contributed by atoms with van der Waals surface area (Å²) in [6.07, 6.45) is 1.74. The van der Waals surface area contributed by atoms with E-state index >= 15 is 0 Å². The smallest absolute Gasteiger partial charge is 0.156 e. The maximum Gasteiger partial charge on any atom is 0.156 e. The second-order valence-electron chi connectivity index (χ2n) is 3.57. The number of halogens is 1. The van der Waals surface area contributed by atoms with Gasteiger partial charge in [0.05, 0.1) is 4.51 Å². The van der Waals surface area contributed by atoms with Gasteiger partial charge in [0.2, 0.25) is 0 Å². The maximum absolute atomic E-state index is 5.92. The second kappa shape index (κ2) is 3.98. The third kappa shape index (κ3) is 1.85. The summed E-state index contributed by atoms with van der Waals surface area (Å²) in [6, 6.07) is 9.00. The fourth-order valence-electron chi connectivity index (χ4n) is 1.65. The highest BCUT2D eigenvalue weighted by atomic mass is 35.5. The van der Waals surface area contributed by atoms with Crippen LogP contribution in [-0.4, -0.2) is 10.2 Å². The average Bonchev–Trinajstić information content (AvgIpc) is 2.83. The number of rotatable bonds is 1. The molecule has 5 heteroatoms. The summed E-state index contributed by atoms with van der Waals surface area (Å²) in [6.45, 7) is 0. The van der Waals surface area contributed by atoms with Crippen LogP contribution < -0.4 is 0 Å². The van der Waals surface area contributed by atoms with E-state index in [1.807, 2.05) is 12.1 Å². The Labute approximate surface area is 107 Å². The SMILES string of the molecule is S=c1cc(-c2cc[nH]n2)oc2ccc(Cl)cc12. The van der Waals surface area contributed by atoms with Gasteiger partial charge in [-0.25, -0.2) is 0 Å². The lowest BCUT2D eigenvalue weighted by Gasteiger charge is -2.01. The van der Waals surface area contributed by atoms with Crippen LogP contribution in [0.25, 0.3) is 22.4 Å². The molecule has 0 unspecified atom stereocenters. The van der Waals surface area contributed by atoms with Gasteiger partial charge in [-0.2, -0.15) is 5.10 Å². The average molecular weight is 263 g/mol. The topological polar surface area (TPSA) is 41.8 Å². The quantitative estimate of drug-likeness (QED) is 0.668. The van der Waals surface area contributed by atoms with Crippen molar-refractivity contribution < 1.29 is 4.42 Å². The Morgan fingerprint density at radius 3 is 2.88 bits per heavy atom. The molecule has 0 amide bonds. The van der Waals surface area contributed by atoms with Crippen LogP contribution in [0.5, 0.6) is 0 Å². The number of aromatic amines is 1. The first-order valence-corrected chi connectivity index (χ1v) is 5.76. The van der Waals surface area contributed by atoms with Crippen LogP contribution in [0, 0.1) is 4.51 Å². The van der Waals surface area contributed by atoms with Gasteiger partial charge in [0.15, 0.2) is 5.76 Å². The number of aromatic nitrogens is 2. The first-order valence-electron chi connectivity index (χ1n) is 4.97. The summed E-state index contributed by atoms with van der Waals surface area (Å²) in [5, 5.41) is 8.28. The zero-order valence-corrected chi connectivity index (χ0v) is 10.2. The van der Waals surface area contributed by atoms with Gasteiger partial charge in [0, 0.05) is 22.7 Å². The molecular formula is C12H7ClN2OS. The molecule has 0 bridgehead atoms. The number of nitrogens with one attached hydrogen (secondary N) is 1. The van der Waals surface area contributed by atoms with Gasteiger partial charge < -0.3 is 4.42 Å². The number of hydrogen-bond acceptors (Lipinski definition) is 3. The highest BCUT2D eigenvalue weighted by molar-refractivity contribution is 7.71. The van der Waals surface area contributed by atoms with Crippen LogP contribution in [0.4, 0.5) is 0 Å². The zero-order valence-electron chi connectivity index (χ0n) is 8.61. The molecule has 0 aliphatic rings. The summed E-state index contributed by atoms with van der Waals surface area (Å²) >= 11 is 11.2. The van der Waals surface area contributed by atoms with Gasteiger partial charge >= 0.3 is 0 Å². The molecule has 0 aliphatic heterocycles. The predicted molar refractivity (Wildman–Crippen MR) is 69.6 cm³/mol. The molecule has 3 nitrogen and oxygen atoms in total. The molecule has 0 saturated heterocycles. The van der Waals surface area contributed by atoms with E-state index in [2.05, 4.69) is 10.2 Å². The molecule has 0 atom stereocenters. The lowest BCUT2D eigenvalue weighted by atomic mass is 10.2. The van der Waals surface area contributed by atoms with Crippen LogP contribution in [-0.2, 0) is 0 Å². The summed E-state index contributed by atoms with van der Waals surface area (Å²) in [5.41, 5.74) is 1.44. The number of benzene rings is 1. The standard InChI is InChI=1S/C12H7ClN2OS/c13-7-1-2-10-8(5-7)12(17)6-11(16-10)9-3-4-14-15-9/h1-6H,(H,14,15). The van der Waals surface area contributed by atoms with Crippen LogP contribution in [0.2, 0.25) is 5.02 Å². The molecule has 0 fully saturated rings. The Morgan fingerprint density at radius 2 is 2.12 bits per heavy atom. The van der Waals surface area contributed by atoms with Crippen molar-refractivity contribution in [1.82, 2.24) is 10.2 Å². The first-order chi connectivity index (χ1) is 8.24. The van der Waals surface area contributed by atoms with Gasteiger partial charge in [-0.15, -0.1) is 0 Å². The molecule has 0 spiro atoms. The Bertz CT molecular complexity index is 734. The maximum atomic E-state index is 5.92. The number of nitrogens with zero attached hydrogens (tertiary/aromatic N) is 1. The van der Waals surface area contributed by atoms with E-state index in [-0.39, 0.29) is 0 Å². The molecule has 3 aromatic rings. The largest absolute Gasteiger partial charge is 0.454 e. The fraction of sp³-hybridized carbons (Fsp3) is 0. The molecule has 0 aliphatic carbocycles. The number of H-pyrrole nitrogens is 1. The molecule has 2 heterocycles. The Balaban J connectivity index is 2.32. The van der Waals surface area contributed by atoms with Crippen molar-refractivity contribution >= 4 is 34.8 Å². The third-order valence-corrected chi connectivity index (χ3v) is 3.02. The minimum Gasteiger partial charge on any atom is -0.454 e. The highest BCUT2D eigenvalue weighted by Gasteiger charge is 2.06. The van der Waals surface area contributed by atoms with Crippen LogP contribution in [0.1, 0.15) is 0 Å². The van der Waals surface area contributed by atoms with E-state index in [1.165, 1.54) is 0 Å². The second-order valence-corrected chi connectivity index (χ2v) is 4.45. The van der Waals surface area contributed by atoms with Crippen LogP contribution >= 0.6 is 23.8 Å².